The summed E-state index contributed by atoms with van der Waals surface area (Å²) < 4.78 is 0. The van der Waals surface area contributed by atoms with Gasteiger partial charge in [0.25, 0.3) is 0 Å². The molecule has 0 radical (unpaired) electrons. The molecule has 1 N–H and O–H groups in total. The van der Waals surface area contributed by atoms with Crippen LogP contribution in [0.25, 0.3) is 11.1 Å². The summed E-state index contributed by atoms with van der Waals surface area (Å²) in [5, 5.41) is 2.97. The van der Waals surface area contributed by atoms with Gasteiger partial charge in [0.1, 0.15) is 0 Å². The van der Waals surface area contributed by atoms with E-state index in [4.69, 9.17) is 0 Å². The lowest BCUT2D eigenvalue weighted by Gasteiger charge is -2.14. The van der Waals surface area contributed by atoms with E-state index in [2.05, 4.69) is 29.6 Å². The smallest absolute Gasteiger partial charge is 0.225 e. The Morgan fingerprint density at radius 1 is 1.12 bits per heavy atom. The molecule has 24 heavy (non-hydrogen) atoms. The first-order valence-electron chi connectivity index (χ1n) is 8.37. The van der Waals surface area contributed by atoms with Gasteiger partial charge in [-0.25, -0.2) is 0 Å². The molecular weight excluding hydrogens is 300 g/mol. The number of amides is 2. The number of likely N-dealkylation sites (tertiary alicyclic amines) is 1. The third kappa shape index (κ3) is 3.65. The zero-order chi connectivity index (χ0) is 16.9. The summed E-state index contributed by atoms with van der Waals surface area (Å²) in [6.45, 7) is 3.62. The predicted octanol–water partition coefficient (Wildman–Crippen LogP) is 2.84. The van der Waals surface area contributed by atoms with E-state index < -0.39 is 0 Å². The summed E-state index contributed by atoms with van der Waals surface area (Å²) in [5.74, 6) is -0.192. The normalized spacial score (nSPS) is 17.1. The van der Waals surface area contributed by atoms with Gasteiger partial charge in [0, 0.05) is 26.1 Å². The van der Waals surface area contributed by atoms with Gasteiger partial charge < -0.3 is 10.2 Å². The Morgan fingerprint density at radius 2 is 1.88 bits per heavy atom. The number of nitrogens with one attached hydrogen (secondary N) is 1. The number of benzene rings is 2. The largest absolute Gasteiger partial charge is 0.352 e. The molecule has 124 valence electrons. The molecule has 1 fully saturated rings. The first-order chi connectivity index (χ1) is 11.7. The lowest BCUT2D eigenvalue weighted by molar-refractivity contribution is -0.128. The van der Waals surface area contributed by atoms with Crippen LogP contribution in [0.5, 0.6) is 0 Å². The molecular formula is C20H22N2O2. The van der Waals surface area contributed by atoms with Crippen molar-refractivity contribution in [1.82, 2.24) is 10.2 Å². The van der Waals surface area contributed by atoms with Gasteiger partial charge in [-0.1, -0.05) is 48.5 Å². The van der Waals surface area contributed by atoms with Gasteiger partial charge in [0.05, 0.1) is 5.92 Å². The average Bonchev–Trinajstić information content (AvgIpc) is 3.01. The van der Waals surface area contributed by atoms with Crippen LogP contribution in [0.2, 0.25) is 0 Å². The highest BCUT2D eigenvalue weighted by Gasteiger charge is 2.33. The molecule has 1 aliphatic heterocycles. The average molecular weight is 322 g/mol. The second-order valence-electron chi connectivity index (χ2n) is 6.12. The minimum Gasteiger partial charge on any atom is -0.352 e. The van der Waals surface area contributed by atoms with Gasteiger partial charge in [-0.3, -0.25) is 9.59 Å². The van der Waals surface area contributed by atoms with Crippen molar-refractivity contribution < 1.29 is 9.59 Å². The molecule has 4 heteroatoms. The van der Waals surface area contributed by atoms with E-state index in [9.17, 15) is 9.59 Å². The van der Waals surface area contributed by atoms with E-state index in [1.54, 1.807) is 4.90 Å². The highest BCUT2D eigenvalue weighted by molar-refractivity contribution is 5.89. The Hall–Kier alpha value is -2.62. The van der Waals surface area contributed by atoms with Gasteiger partial charge in [-0.15, -0.1) is 0 Å². The van der Waals surface area contributed by atoms with Gasteiger partial charge in [0.2, 0.25) is 11.8 Å². The number of nitrogens with zero attached hydrogens (tertiary/aromatic N) is 1. The molecule has 0 bridgehead atoms. The number of hydrogen-bond donors (Lipinski definition) is 1. The topological polar surface area (TPSA) is 49.4 Å². The van der Waals surface area contributed by atoms with Crippen molar-refractivity contribution in [2.24, 2.45) is 5.92 Å². The fourth-order valence-electron chi connectivity index (χ4n) is 3.08. The van der Waals surface area contributed by atoms with Crippen LogP contribution in [0, 0.1) is 5.92 Å². The maximum Gasteiger partial charge on any atom is 0.225 e. The highest BCUT2D eigenvalue weighted by Crippen LogP contribution is 2.21. The molecule has 0 spiro atoms. The van der Waals surface area contributed by atoms with E-state index in [-0.39, 0.29) is 17.7 Å². The molecule has 1 heterocycles. The second kappa shape index (κ2) is 7.30. The molecule has 4 nitrogen and oxygen atoms in total. The summed E-state index contributed by atoms with van der Waals surface area (Å²) in [4.78, 5) is 25.8. The highest BCUT2D eigenvalue weighted by atomic mass is 16.2. The lowest BCUT2D eigenvalue weighted by Crippen LogP contribution is -2.32. The SMILES string of the molecule is CCN1C[C@H](C(=O)NCc2cccc(-c3ccccc3)c2)CC1=O. The minimum absolute atomic E-state index is 0.0376. The van der Waals surface area contributed by atoms with Gasteiger partial charge in [0.15, 0.2) is 0 Å². The van der Waals surface area contributed by atoms with E-state index in [0.717, 1.165) is 16.7 Å². The van der Waals surface area contributed by atoms with Crippen molar-refractivity contribution in [1.29, 1.82) is 0 Å². The van der Waals surface area contributed by atoms with Crippen LogP contribution in [-0.4, -0.2) is 29.8 Å². The Balaban J connectivity index is 1.61. The molecule has 0 aromatic heterocycles. The van der Waals surface area contributed by atoms with Gasteiger partial charge in [-0.2, -0.15) is 0 Å². The summed E-state index contributed by atoms with van der Waals surface area (Å²) >= 11 is 0. The maximum atomic E-state index is 12.3. The van der Waals surface area contributed by atoms with Crippen LogP contribution < -0.4 is 5.32 Å². The van der Waals surface area contributed by atoms with E-state index >= 15 is 0 Å². The zero-order valence-electron chi connectivity index (χ0n) is 13.9. The number of carbonyl (C=O) groups excluding carboxylic acids is 2. The van der Waals surface area contributed by atoms with Crippen LogP contribution in [-0.2, 0) is 16.1 Å². The fraction of sp³-hybridized carbons (Fsp3) is 0.300. The van der Waals surface area contributed by atoms with Gasteiger partial charge in [-0.05, 0) is 29.7 Å². The van der Waals surface area contributed by atoms with E-state index in [1.165, 1.54) is 0 Å². The molecule has 0 saturated carbocycles. The Kier molecular flexibility index (Phi) is 4.94. The second-order valence-corrected chi connectivity index (χ2v) is 6.12. The quantitative estimate of drug-likeness (QED) is 0.920. The standard InChI is InChI=1S/C20H22N2O2/c1-2-22-14-18(12-19(22)23)20(24)21-13-15-7-6-10-17(11-15)16-8-4-3-5-9-16/h3-11,18H,2,12-14H2,1H3,(H,21,24)/t18-/m1/s1. The van der Waals surface area contributed by atoms with Crippen LogP contribution >= 0.6 is 0 Å². The van der Waals surface area contributed by atoms with Crippen LogP contribution in [0.4, 0.5) is 0 Å². The first-order valence-corrected chi connectivity index (χ1v) is 8.37. The molecule has 2 amide bonds. The summed E-state index contributed by atoms with van der Waals surface area (Å²) in [5.41, 5.74) is 3.35. The van der Waals surface area contributed by atoms with Crippen molar-refractivity contribution in [3.8, 4) is 11.1 Å². The third-order valence-electron chi connectivity index (χ3n) is 4.47. The molecule has 3 rings (SSSR count). The van der Waals surface area contributed by atoms with Crippen molar-refractivity contribution in [2.45, 2.75) is 19.9 Å². The fourth-order valence-corrected chi connectivity index (χ4v) is 3.08. The maximum absolute atomic E-state index is 12.3. The zero-order valence-corrected chi connectivity index (χ0v) is 13.9. The Bertz CT molecular complexity index is 727. The van der Waals surface area contributed by atoms with Crippen LogP contribution in [0.15, 0.2) is 54.6 Å². The summed E-state index contributed by atoms with van der Waals surface area (Å²) in [6, 6.07) is 18.3. The van der Waals surface area contributed by atoms with Crippen molar-refractivity contribution in [3.63, 3.8) is 0 Å². The molecule has 1 atom stereocenters. The summed E-state index contributed by atoms with van der Waals surface area (Å²) in [7, 11) is 0. The molecule has 0 aliphatic carbocycles. The number of carbonyl (C=O) groups is 2. The van der Waals surface area contributed by atoms with E-state index in [0.29, 0.717) is 26.1 Å². The molecule has 2 aromatic carbocycles. The third-order valence-corrected chi connectivity index (χ3v) is 4.47. The first kappa shape index (κ1) is 16.2. The van der Waals surface area contributed by atoms with E-state index in [1.807, 2.05) is 37.3 Å². The Morgan fingerprint density at radius 3 is 2.58 bits per heavy atom. The number of hydrogen-bond acceptors (Lipinski definition) is 2. The van der Waals surface area contributed by atoms with Crippen LogP contribution in [0.1, 0.15) is 18.9 Å². The molecule has 2 aromatic rings. The van der Waals surface area contributed by atoms with Crippen LogP contribution in [0.3, 0.4) is 0 Å². The number of rotatable bonds is 5. The predicted molar refractivity (Wildman–Crippen MR) is 94.1 cm³/mol. The van der Waals surface area contributed by atoms with Crippen molar-refractivity contribution >= 4 is 11.8 Å². The van der Waals surface area contributed by atoms with Gasteiger partial charge >= 0.3 is 0 Å². The molecule has 0 unspecified atom stereocenters. The molecule has 1 saturated heterocycles. The van der Waals surface area contributed by atoms with Crippen molar-refractivity contribution in [3.05, 3.63) is 60.2 Å². The Labute approximate surface area is 142 Å². The summed E-state index contributed by atoms with van der Waals surface area (Å²) in [6.07, 6.45) is 0.323. The lowest BCUT2D eigenvalue weighted by atomic mass is 10.0. The molecule has 1 aliphatic rings. The monoisotopic (exact) mass is 322 g/mol. The minimum atomic E-state index is -0.227. The van der Waals surface area contributed by atoms with Crippen molar-refractivity contribution in [2.75, 3.05) is 13.1 Å².